The van der Waals surface area contributed by atoms with E-state index < -0.39 is 0 Å². The lowest BCUT2D eigenvalue weighted by Gasteiger charge is -2.14. The van der Waals surface area contributed by atoms with Crippen LogP contribution in [0.15, 0.2) is 18.2 Å². The van der Waals surface area contributed by atoms with Crippen molar-refractivity contribution >= 4 is 0 Å². The van der Waals surface area contributed by atoms with E-state index in [0.29, 0.717) is 6.54 Å². The van der Waals surface area contributed by atoms with Gasteiger partial charge in [0.2, 0.25) is 0 Å². The fraction of sp³-hybridized carbons (Fsp3) is 0.455. The minimum atomic E-state index is 0.0853. The van der Waals surface area contributed by atoms with Crippen LogP contribution in [0.1, 0.15) is 18.1 Å². The molecule has 3 N–H and O–H groups in total. The molecule has 1 aromatic rings. The summed E-state index contributed by atoms with van der Waals surface area (Å²) in [7, 11) is 0. The van der Waals surface area contributed by atoms with E-state index in [-0.39, 0.29) is 6.10 Å². The molecule has 0 saturated heterocycles. The van der Waals surface area contributed by atoms with Crippen LogP contribution >= 0.6 is 0 Å². The third kappa shape index (κ3) is 3.01. The lowest BCUT2D eigenvalue weighted by atomic mass is 10.1. The number of nitrogens with two attached hydrogens (primary N) is 1. The number of ether oxygens (including phenoxy) is 1. The van der Waals surface area contributed by atoms with E-state index in [9.17, 15) is 0 Å². The maximum absolute atomic E-state index is 5.65. The smallest absolute Gasteiger partial charge is 0.120 e. The van der Waals surface area contributed by atoms with Gasteiger partial charge in [0, 0.05) is 6.54 Å². The van der Waals surface area contributed by atoms with Crippen LogP contribution in [-0.4, -0.2) is 12.6 Å². The van der Waals surface area contributed by atoms with E-state index in [4.69, 9.17) is 10.6 Å². The van der Waals surface area contributed by atoms with E-state index >= 15 is 0 Å². The Morgan fingerprint density at radius 2 is 2.07 bits per heavy atom. The molecule has 0 aliphatic rings. The monoisotopic (exact) mass is 194 g/mol. The second-order valence-corrected chi connectivity index (χ2v) is 3.58. The molecule has 0 bridgehead atoms. The predicted octanol–water partition coefficient (Wildman–Crippen LogP) is 1.53. The molecule has 0 radical (unpaired) electrons. The average molecular weight is 194 g/mol. The standard InChI is InChI=1S/C11H18N2O/c1-8-4-5-11(6-9(8)2)14-10(3)7-13-12/h4-6,10,13H,7,12H2,1-3H3. The van der Waals surface area contributed by atoms with Gasteiger partial charge in [-0.25, -0.2) is 0 Å². The zero-order valence-corrected chi connectivity index (χ0v) is 9.00. The molecule has 1 unspecified atom stereocenters. The SMILES string of the molecule is Cc1ccc(OC(C)CNN)cc1C. The van der Waals surface area contributed by atoms with Crippen LogP contribution in [-0.2, 0) is 0 Å². The number of hydrogen-bond acceptors (Lipinski definition) is 3. The summed E-state index contributed by atoms with van der Waals surface area (Å²) in [4.78, 5) is 0. The highest BCUT2D eigenvalue weighted by atomic mass is 16.5. The van der Waals surface area contributed by atoms with Crippen LogP contribution in [0.3, 0.4) is 0 Å². The molecule has 0 aromatic heterocycles. The summed E-state index contributed by atoms with van der Waals surface area (Å²) < 4.78 is 5.65. The van der Waals surface area contributed by atoms with Crippen LogP contribution in [0.2, 0.25) is 0 Å². The Labute approximate surface area is 85.2 Å². The first kappa shape index (κ1) is 11.0. The molecule has 0 saturated carbocycles. The molecule has 0 fully saturated rings. The molecule has 0 spiro atoms. The van der Waals surface area contributed by atoms with Gasteiger partial charge in [0.1, 0.15) is 11.9 Å². The van der Waals surface area contributed by atoms with Crippen molar-refractivity contribution in [2.75, 3.05) is 6.54 Å². The Kier molecular flexibility index (Phi) is 3.92. The highest BCUT2D eigenvalue weighted by Gasteiger charge is 2.03. The van der Waals surface area contributed by atoms with E-state index in [1.54, 1.807) is 0 Å². The van der Waals surface area contributed by atoms with Gasteiger partial charge in [0.05, 0.1) is 0 Å². The molecule has 0 aliphatic heterocycles. The first-order valence-corrected chi connectivity index (χ1v) is 4.81. The first-order valence-electron chi connectivity index (χ1n) is 4.81. The van der Waals surface area contributed by atoms with E-state index in [2.05, 4.69) is 25.3 Å². The maximum Gasteiger partial charge on any atom is 0.120 e. The van der Waals surface area contributed by atoms with Gasteiger partial charge in [0.25, 0.3) is 0 Å². The van der Waals surface area contributed by atoms with Crippen LogP contribution < -0.4 is 16.0 Å². The molecule has 3 heteroatoms. The fourth-order valence-electron chi connectivity index (χ4n) is 1.23. The van der Waals surface area contributed by atoms with Crippen molar-refractivity contribution in [2.24, 2.45) is 5.84 Å². The van der Waals surface area contributed by atoms with Gasteiger partial charge < -0.3 is 4.74 Å². The van der Waals surface area contributed by atoms with E-state index in [0.717, 1.165) is 5.75 Å². The number of aryl methyl sites for hydroxylation is 2. The molecule has 14 heavy (non-hydrogen) atoms. The van der Waals surface area contributed by atoms with E-state index in [1.165, 1.54) is 11.1 Å². The Hall–Kier alpha value is -1.06. The lowest BCUT2D eigenvalue weighted by Crippen LogP contribution is -2.33. The Morgan fingerprint density at radius 1 is 1.36 bits per heavy atom. The van der Waals surface area contributed by atoms with Crippen molar-refractivity contribution in [2.45, 2.75) is 26.9 Å². The molecule has 0 amide bonds. The van der Waals surface area contributed by atoms with Crippen molar-refractivity contribution in [1.29, 1.82) is 0 Å². The third-order valence-corrected chi connectivity index (χ3v) is 2.22. The van der Waals surface area contributed by atoms with Gasteiger partial charge in [-0.2, -0.15) is 0 Å². The number of nitrogens with one attached hydrogen (secondary N) is 1. The summed E-state index contributed by atoms with van der Waals surface area (Å²) in [5.74, 6) is 6.11. The number of hydrazine groups is 1. The van der Waals surface area contributed by atoms with Crippen LogP contribution in [0.25, 0.3) is 0 Å². The molecule has 0 aliphatic carbocycles. The molecule has 0 heterocycles. The van der Waals surface area contributed by atoms with Gasteiger partial charge in [-0.15, -0.1) is 0 Å². The second-order valence-electron chi connectivity index (χ2n) is 3.58. The van der Waals surface area contributed by atoms with Gasteiger partial charge in [-0.1, -0.05) is 6.07 Å². The van der Waals surface area contributed by atoms with Crippen molar-refractivity contribution in [3.05, 3.63) is 29.3 Å². The minimum absolute atomic E-state index is 0.0853. The average Bonchev–Trinajstić information content (AvgIpc) is 2.12. The second kappa shape index (κ2) is 4.98. The number of rotatable bonds is 4. The van der Waals surface area contributed by atoms with Crippen molar-refractivity contribution in [3.63, 3.8) is 0 Å². The molecule has 3 nitrogen and oxygen atoms in total. The van der Waals surface area contributed by atoms with Crippen molar-refractivity contribution in [3.8, 4) is 5.75 Å². The third-order valence-electron chi connectivity index (χ3n) is 2.22. The first-order chi connectivity index (χ1) is 6.63. The summed E-state index contributed by atoms with van der Waals surface area (Å²) in [6, 6.07) is 6.09. The van der Waals surface area contributed by atoms with Crippen LogP contribution in [0, 0.1) is 13.8 Å². The topological polar surface area (TPSA) is 47.3 Å². The zero-order valence-electron chi connectivity index (χ0n) is 9.00. The molecule has 78 valence electrons. The molecular weight excluding hydrogens is 176 g/mol. The Balaban J connectivity index is 2.63. The molecular formula is C11H18N2O. The van der Waals surface area contributed by atoms with Crippen molar-refractivity contribution in [1.82, 2.24) is 5.43 Å². The number of hydrogen-bond donors (Lipinski definition) is 2. The van der Waals surface area contributed by atoms with Gasteiger partial charge in [-0.05, 0) is 44.0 Å². The van der Waals surface area contributed by atoms with Crippen LogP contribution in [0.4, 0.5) is 0 Å². The summed E-state index contributed by atoms with van der Waals surface area (Å²) in [5, 5.41) is 0. The molecule has 1 rings (SSSR count). The highest BCUT2D eigenvalue weighted by Crippen LogP contribution is 2.17. The largest absolute Gasteiger partial charge is 0.489 e. The fourth-order valence-corrected chi connectivity index (χ4v) is 1.23. The molecule has 1 aromatic carbocycles. The van der Waals surface area contributed by atoms with E-state index in [1.807, 2.05) is 19.1 Å². The lowest BCUT2D eigenvalue weighted by molar-refractivity contribution is 0.218. The van der Waals surface area contributed by atoms with Gasteiger partial charge >= 0.3 is 0 Å². The van der Waals surface area contributed by atoms with Gasteiger partial charge in [-0.3, -0.25) is 11.3 Å². The van der Waals surface area contributed by atoms with Crippen LogP contribution in [0.5, 0.6) is 5.75 Å². The zero-order chi connectivity index (χ0) is 10.6. The summed E-state index contributed by atoms with van der Waals surface area (Å²) in [6.07, 6.45) is 0.0853. The highest BCUT2D eigenvalue weighted by molar-refractivity contribution is 5.33. The van der Waals surface area contributed by atoms with Gasteiger partial charge in [0.15, 0.2) is 0 Å². The Bertz CT molecular complexity index is 299. The van der Waals surface area contributed by atoms with Crippen molar-refractivity contribution < 1.29 is 4.74 Å². The summed E-state index contributed by atoms with van der Waals surface area (Å²) >= 11 is 0. The summed E-state index contributed by atoms with van der Waals surface area (Å²) in [6.45, 7) is 6.79. The number of benzene rings is 1. The summed E-state index contributed by atoms with van der Waals surface area (Å²) in [5.41, 5.74) is 5.11. The quantitative estimate of drug-likeness (QED) is 0.564. The minimum Gasteiger partial charge on any atom is -0.489 e. The Morgan fingerprint density at radius 3 is 2.64 bits per heavy atom. The predicted molar refractivity (Wildman–Crippen MR) is 58.2 cm³/mol. The molecule has 1 atom stereocenters. The normalized spacial score (nSPS) is 12.6. The maximum atomic E-state index is 5.65.